The van der Waals surface area contributed by atoms with Crippen LogP contribution < -0.4 is 0 Å². The minimum Gasteiger partial charge on any atom is -0.623 e. The van der Waals surface area contributed by atoms with Crippen molar-refractivity contribution in [2.24, 2.45) is 0 Å². The molecule has 0 amide bonds. The van der Waals surface area contributed by atoms with Crippen LogP contribution in [0, 0.1) is 5.21 Å². The molecular weight excluding hydrogens is 254 g/mol. The van der Waals surface area contributed by atoms with E-state index in [1.165, 1.54) is 6.21 Å². The molecule has 0 aliphatic rings. The van der Waals surface area contributed by atoms with Crippen LogP contribution in [0.4, 0.5) is 0 Å². The summed E-state index contributed by atoms with van der Waals surface area (Å²) in [5.41, 5.74) is 1.70. The maximum absolute atomic E-state index is 12.1. The summed E-state index contributed by atoms with van der Waals surface area (Å²) < 4.78 is 2.57. The zero-order valence-electron chi connectivity index (χ0n) is 11.6. The first kappa shape index (κ1) is 12.5. The Balaban J connectivity index is 2.32. The fraction of sp³-hybridized carbons (Fsp3) is 0.286. The van der Waals surface area contributed by atoms with Gasteiger partial charge in [0.1, 0.15) is 0 Å². The van der Waals surface area contributed by atoms with Crippen LogP contribution in [-0.2, 0) is 0 Å². The van der Waals surface area contributed by atoms with Crippen LogP contribution >= 0.6 is 0 Å². The minimum absolute atomic E-state index is 0.504. The number of hydrogen-bond donors (Lipinski definition) is 0. The molecule has 0 spiro atoms. The highest BCUT2D eigenvalue weighted by Crippen LogP contribution is 2.18. The van der Waals surface area contributed by atoms with Gasteiger partial charge in [0.25, 0.3) is 0 Å². The smallest absolute Gasteiger partial charge is 0.193 e. The van der Waals surface area contributed by atoms with Crippen molar-refractivity contribution in [3.8, 4) is 0 Å². The van der Waals surface area contributed by atoms with E-state index < -0.39 is 5.54 Å². The standard InChI is InChI=1S/C14H15N5O/c1-14(2,3)18(20)9-11-8-10-6-4-5-7-12(10)19-13(11)15-16-17-19/h4-9H,1-3H3/b18-9-. The minimum atomic E-state index is -0.504. The summed E-state index contributed by atoms with van der Waals surface area (Å²) in [4.78, 5) is 0. The monoisotopic (exact) mass is 269 g/mol. The molecule has 3 rings (SSSR count). The van der Waals surface area contributed by atoms with Gasteiger partial charge in [-0.2, -0.15) is 4.52 Å². The quantitative estimate of drug-likeness (QED) is 0.293. The molecule has 6 nitrogen and oxygen atoms in total. The summed E-state index contributed by atoms with van der Waals surface area (Å²) in [6.07, 6.45) is 1.54. The van der Waals surface area contributed by atoms with Gasteiger partial charge < -0.3 is 5.21 Å². The summed E-state index contributed by atoms with van der Waals surface area (Å²) in [6, 6.07) is 9.72. The highest BCUT2D eigenvalue weighted by Gasteiger charge is 2.19. The van der Waals surface area contributed by atoms with Gasteiger partial charge >= 0.3 is 0 Å². The second-order valence-corrected chi connectivity index (χ2v) is 5.70. The van der Waals surface area contributed by atoms with Crippen molar-refractivity contribution in [3.05, 3.63) is 41.1 Å². The predicted molar refractivity (Wildman–Crippen MR) is 76.8 cm³/mol. The van der Waals surface area contributed by atoms with E-state index in [4.69, 9.17) is 0 Å². The summed E-state index contributed by atoms with van der Waals surface area (Å²) in [6.45, 7) is 5.57. The summed E-state index contributed by atoms with van der Waals surface area (Å²) in [7, 11) is 0. The van der Waals surface area contributed by atoms with Gasteiger partial charge in [-0.15, -0.1) is 5.10 Å². The highest BCUT2D eigenvalue weighted by molar-refractivity contribution is 5.93. The molecule has 3 aromatic rings. The van der Waals surface area contributed by atoms with Crippen LogP contribution in [0.1, 0.15) is 26.3 Å². The lowest BCUT2D eigenvalue weighted by molar-refractivity contribution is -0.530. The number of aromatic nitrogens is 4. The lowest BCUT2D eigenvalue weighted by Crippen LogP contribution is -2.29. The third kappa shape index (κ3) is 1.99. The van der Waals surface area contributed by atoms with E-state index in [2.05, 4.69) is 15.5 Å². The lowest BCUT2D eigenvalue weighted by atomic mass is 10.1. The zero-order chi connectivity index (χ0) is 14.3. The molecule has 0 N–H and O–H groups in total. The number of rotatable bonds is 1. The molecule has 0 atom stereocenters. The first-order valence-electron chi connectivity index (χ1n) is 6.38. The van der Waals surface area contributed by atoms with E-state index in [1.54, 1.807) is 4.52 Å². The summed E-state index contributed by atoms with van der Waals surface area (Å²) >= 11 is 0. The van der Waals surface area contributed by atoms with E-state index in [0.717, 1.165) is 15.6 Å². The first-order chi connectivity index (χ1) is 9.47. The van der Waals surface area contributed by atoms with Gasteiger partial charge in [0.2, 0.25) is 0 Å². The number of fused-ring (bicyclic) bond motifs is 3. The van der Waals surface area contributed by atoms with Gasteiger partial charge in [0.05, 0.1) is 11.1 Å². The Morgan fingerprint density at radius 1 is 1.25 bits per heavy atom. The Morgan fingerprint density at radius 2 is 2.00 bits per heavy atom. The predicted octanol–water partition coefficient (Wildman–Crippen LogP) is 2.01. The van der Waals surface area contributed by atoms with Crippen molar-refractivity contribution in [1.82, 2.24) is 20.0 Å². The molecule has 1 aromatic carbocycles. The van der Waals surface area contributed by atoms with E-state index in [1.807, 2.05) is 51.1 Å². The fourth-order valence-electron chi connectivity index (χ4n) is 1.98. The van der Waals surface area contributed by atoms with Crippen molar-refractivity contribution >= 4 is 22.8 Å². The highest BCUT2D eigenvalue weighted by atomic mass is 16.5. The van der Waals surface area contributed by atoms with E-state index >= 15 is 0 Å². The van der Waals surface area contributed by atoms with Crippen molar-refractivity contribution in [2.75, 3.05) is 0 Å². The number of benzene rings is 1. The molecule has 0 radical (unpaired) electrons. The van der Waals surface area contributed by atoms with E-state index in [-0.39, 0.29) is 0 Å². The molecule has 6 heteroatoms. The van der Waals surface area contributed by atoms with Gasteiger partial charge in [-0.05, 0) is 22.6 Å². The number of tetrazole rings is 1. The van der Waals surface area contributed by atoms with Gasteiger partial charge in [0, 0.05) is 26.2 Å². The van der Waals surface area contributed by atoms with Crippen molar-refractivity contribution < 1.29 is 4.74 Å². The Morgan fingerprint density at radius 3 is 2.75 bits per heavy atom. The van der Waals surface area contributed by atoms with Crippen molar-refractivity contribution in [3.63, 3.8) is 0 Å². The second kappa shape index (κ2) is 4.26. The maximum Gasteiger partial charge on any atom is 0.193 e. The molecule has 0 aliphatic carbocycles. The molecule has 0 unspecified atom stereocenters. The third-order valence-electron chi connectivity index (χ3n) is 3.12. The molecule has 0 fully saturated rings. The second-order valence-electron chi connectivity index (χ2n) is 5.70. The Bertz CT molecular complexity index is 813. The van der Waals surface area contributed by atoms with Crippen LogP contribution in [0.25, 0.3) is 16.6 Å². The molecule has 0 bridgehead atoms. The summed E-state index contributed by atoms with van der Waals surface area (Å²) in [5, 5.41) is 24.8. The fourth-order valence-corrected chi connectivity index (χ4v) is 1.98. The molecule has 20 heavy (non-hydrogen) atoms. The van der Waals surface area contributed by atoms with Gasteiger partial charge in [0.15, 0.2) is 17.4 Å². The van der Waals surface area contributed by atoms with E-state index in [9.17, 15) is 5.21 Å². The first-order valence-corrected chi connectivity index (χ1v) is 6.38. The van der Waals surface area contributed by atoms with Crippen molar-refractivity contribution in [1.29, 1.82) is 0 Å². The zero-order valence-corrected chi connectivity index (χ0v) is 11.6. The number of pyridine rings is 1. The number of nitrogens with zero attached hydrogens (tertiary/aromatic N) is 5. The average molecular weight is 269 g/mol. The lowest BCUT2D eigenvalue weighted by Gasteiger charge is -2.18. The molecule has 2 aromatic heterocycles. The molecule has 0 saturated heterocycles. The molecule has 2 heterocycles. The Hall–Kier alpha value is -2.50. The third-order valence-corrected chi connectivity index (χ3v) is 3.12. The van der Waals surface area contributed by atoms with Crippen LogP contribution in [-0.4, -0.2) is 36.5 Å². The SMILES string of the molecule is CC(C)(C)/[N+]([O-])=C/c1cc2ccccc2n2nnnc12. The molecular formula is C14H15N5O. The number of hydroxylamine groups is 1. The molecule has 0 aliphatic heterocycles. The largest absolute Gasteiger partial charge is 0.623 e. The van der Waals surface area contributed by atoms with Gasteiger partial charge in [-0.3, -0.25) is 0 Å². The average Bonchev–Trinajstić information content (AvgIpc) is 2.87. The van der Waals surface area contributed by atoms with E-state index in [0.29, 0.717) is 11.2 Å². The summed E-state index contributed by atoms with van der Waals surface area (Å²) in [5.74, 6) is 0. The van der Waals surface area contributed by atoms with Crippen LogP contribution in [0.2, 0.25) is 0 Å². The number of hydrogen-bond acceptors (Lipinski definition) is 4. The number of para-hydroxylation sites is 1. The van der Waals surface area contributed by atoms with Gasteiger partial charge in [-0.1, -0.05) is 18.2 Å². The van der Waals surface area contributed by atoms with Crippen molar-refractivity contribution in [2.45, 2.75) is 26.3 Å². The van der Waals surface area contributed by atoms with Gasteiger partial charge in [-0.25, -0.2) is 4.74 Å². The molecule has 0 saturated carbocycles. The normalized spacial score (nSPS) is 13.2. The van der Waals surface area contributed by atoms with Crippen LogP contribution in [0.3, 0.4) is 0 Å². The van der Waals surface area contributed by atoms with Crippen LogP contribution in [0.5, 0.6) is 0 Å². The maximum atomic E-state index is 12.1. The molecule has 102 valence electrons. The Labute approximate surface area is 115 Å². The van der Waals surface area contributed by atoms with Crippen LogP contribution in [0.15, 0.2) is 30.3 Å². The Kier molecular flexibility index (Phi) is 2.67. The topological polar surface area (TPSA) is 69.2 Å².